The average Bonchev–Trinajstić information content (AvgIpc) is 2.83. The first-order chi connectivity index (χ1) is 17.1. The molecule has 196 valence electrons. The van der Waals surface area contributed by atoms with E-state index < -0.39 is 23.4 Å². The minimum Gasteiger partial charge on any atom is -0.490 e. The zero-order valence-electron chi connectivity index (χ0n) is 21.0. The monoisotopic (exact) mass is 504 g/mol. The zero-order valence-corrected chi connectivity index (χ0v) is 21.0. The molecule has 0 spiro atoms. The standard InChI is InChI=1S/C28H35F3N2O3/c1-28(2,31)18-32-12-9-19(10-13-32)17-36-26-8-6-20(14-25(26)30)23-7-5-21(15-24(23)29)27(35)33-11-3-4-22(34)16-33/h5-8,14-15,19,22,34H,3-4,9-13,16-18H2,1-2H3/t22-/m0/s1. The minimum absolute atomic E-state index is 0.113. The van der Waals surface area contributed by atoms with Crippen LogP contribution in [0.2, 0.25) is 0 Å². The van der Waals surface area contributed by atoms with Crippen molar-refractivity contribution in [3.63, 3.8) is 0 Å². The van der Waals surface area contributed by atoms with E-state index in [9.17, 15) is 23.1 Å². The normalized spacial score (nSPS) is 19.9. The van der Waals surface area contributed by atoms with Crippen LogP contribution < -0.4 is 4.74 Å². The van der Waals surface area contributed by atoms with Crippen molar-refractivity contribution in [2.24, 2.45) is 5.92 Å². The number of β-amino-alcohol motifs (C(OH)–C–C–N with tert-alkyl or cyclic N) is 1. The largest absolute Gasteiger partial charge is 0.490 e. The van der Waals surface area contributed by atoms with Crippen molar-refractivity contribution in [3.8, 4) is 16.9 Å². The van der Waals surface area contributed by atoms with Crippen LogP contribution in [0.5, 0.6) is 5.75 Å². The van der Waals surface area contributed by atoms with Crippen molar-refractivity contribution in [3.05, 3.63) is 53.6 Å². The molecule has 0 aliphatic carbocycles. The van der Waals surface area contributed by atoms with Gasteiger partial charge in [-0.15, -0.1) is 0 Å². The van der Waals surface area contributed by atoms with Crippen LogP contribution >= 0.6 is 0 Å². The second-order valence-corrected chi connectivity index (χ2v) is 10.6. The Morgan fingerprint density at radius 1 is 1.06 bits per heavy atom. The molecule has 36 heavy (non-hydrogen) atoms. The highest BCUT2D eigenvalue weighted by atomic mass is 19.1. The van der Waals surface area contributed by atoms with Crippen LogP contribution in [0.4, 0.5) is 13.2 Å². The van der Waals surface area contributed by atoms with Gasteiger partial charge in [-0.05, 0) is 88.4 Å². The Morgan fingerprint density at radius 3 is 2.44 bits per heavy atom. The lowest BCUT2D eigenvalue weighted by Crippen LogP contribution is -2.42. The molecular formula is C28H35F3N2O3. The van der Waals surface area contributed by atoms with Crippen LogP contribution in [-0.4, -0.2) is 71.9 Å². The third-order valence-electron chi connectivity index (χ3n) is 6.92. The van der Waals surface area contributed by atoms with E-state index in [2.05, 4.69) is 4.90 Å². The first kappa shape index (κ1) is 26.5. The molecule has 0 aromatic heterocycles. The molecule has 8 heteroatoms. The maximum absolute atomic E-state index is 14.9. The van der Waals surface area contributed by atoms with Crippen molar-refractivity contribution in [2.75, 3.05) is 39.3 Å². The molecule has 2 aliphatic rings. The van der Waals surface area contributed by atoms with Gasteiger partial charge < -0.3 is 19.6 Å². The Bertz CT molecular complexity index is 1060. The lowest BCUT2D eigenvalue weighted by Gasteiger charge is -2.34. The van der Waals surface area contributed by atoms with E-state index in [1.54, 1.807) is 19.9 Å². The lowest BCUT2D eigenvalue weighted by molar-refractivity contribution is 0.0473. The van der Waals surface area contributed by atoms with Gasteiger partial charge in [-0.3, -0.25) is 4.79 Å². The van der Waals surface area contributed by atoms with Gasteiger partial charge in [-0.2, -0.15) is 0 Å². The summed E-state index contributed by atoms with van der Waals surface area (Å²) in [5.74, 6) is -1.14. The number of carbonyl (C=O) groups excluding carboxylic acids is 1. The van der Waals surface area contributed by atoms with Crippen LogP contribution in [0.25, 0.3) is 11.1 Å². The number of hydrogen-bond acceptors (Lipinski definition) is 4. The quantitative estimate of drug-likeness (QED) is 0.572. The fourth-order valence-corrected chi connectivity index (χ4v) is 5.04. The van der Waals surface area contributed by atoms with Gasteiger partial charge in [0.25, 0.3) is 5.91 Å². The summed E-state index contributed by atoms with van der Waals surface area (Å²) in [6, 6.07) is 8.51. The third kappa shape index (κ3) is 6.79. The van der Waals surface area contributed by atoms with E-state index in [1.165, 1.54) is 29.2 Å². The Balaban J connectivity index is 1.35. The molecule has 0 bridgehead atoms. The predicted molar refractivity (Wildman–Crippen MR) is 133 cm³/mol. The summed E-state index contributed by atoms with van der Waals surface area (Å²) in [6.45, 7) is 6.29. The van der Waals surface area contributed by atoms with Crippen molar-refractivity contribution >= 4 is 5.91 Å². The van der Waals surface area contributed by atoms with Crippen molar-refractivity contribution in [2.45, 2.75) is 51.3 Å². The van der Waals surface area contributed by atoms with E-state index in [1.807, 2.05) is 0 Å². The number of carbonyl (C=O) groups is 1. The number of amides is 1. The second kappa shape index (κ2) is 11.2. The Kier molecular flexibility index (Phi) is 8.25. The summed E-state index contributed by atoms with van der Waals surface area (Å²) in [5.41, 5.74) is -0.474. The number of alkyl halides is 1. The number of rotatable bonds is 7. The van der Waals surface area contributed by atoms with Crippen molar-refractivity contribution < 1.29 is 27.8 Å². The molecule has 2 fully saturated rings. The average molecular weight is 505 g/mol. The zero-order chi connectivity index (χ0) is 25.9. The summed E-state index contributed by atoms with van der Waals surface area (Å²) in [5, 5.41) is 9.80. The molecular weight excluding hydrogens is 469 g/mol. The SMILES string of the molecule is CC(C)(F)CN1CCC(COc2ccc(-c3ccc(C(=O)N4CCC[C@H](O)C4)cc3F)cc2F)CC1. The van der Waals surface area contributed by atoms with Crippen LogP contribution in [0.1, 0.15) is 49.9 Å². The number of hydrogen-bond donors (Lipinski definition) is 1. The van der Waals surface area contributed by atoms with Crippen LogP contribution in [-0.2, 0) is 0 Å². The lowest BCUT2D eigenvalue weighted by atomic mass is 9.96. The molecule has 1 atom stereocenters. The number of piperidine rings is 2. The van der Waals surface area contributed by atoms with E-state index in [0.29, 0.717) is 38.1 Å². The topological polar surface area (TPSA) is 53.0 Å². The summed E-state index contributed by atoms with van der Waals surface area (Å²) in [7, 11) is 0. The summed E-state index contributed by atoms with van der Waals surface area (Å²) < 4.78 is 49.3. The maximum Gasteiger partial charge on any atom is 0.254 e. The van der Waals surface area contributed by atoms with Gasteiger partial charge in [0.1, 0.15) is 11.5 Å². The Labute approximate surface area is 210 Å². The van der Waals surface area contributed by atoms with Gasteiger partial charge in [0.2, 0.25) is 0 Å². The number of nitrogens with zero attached hydrogens (tertiary/aromatic N) is 2. The predicted octanol–water partition coefficient (Wildman–Crippen LogP) is 5.07. The molecule has 2 aromatic carbocycles. The fraction of sp³-hybridized carbons (Fsp3) is 0.536. The van der Waals surface area contributed by atoms with Crippen LogP contribution in [0, 0.1) is 17.6 Å². The summed E-state index contributed by atoms with van der Waals surface area (Å²) in [4.78, 5) is 16.3. The number of aliphatic hydroxyl groups is 1. The van der Waals surface area contributed by atoms with E-state index in [-0.39, 0.29) is 35.2 Å². The van der Waals surface area contributed by atoms with E-state index in [0.717, 1.165) is 32.0 Å². The van der Waals surface area contributed by atoms with Crippen LogP contribution in [0.15, 0.2) is 36.4 Å². The molecule has 2 aliphatic heterocycles. The van der Waals surface area contributed by atoms with Gasteiger partial charge in [-0.25, -0.2) is 13.2 Å². The second-order valence-electron chi connectivity index (χ2n) is 10.6. The Hall–Kier alpha value is -2.58. The smallest absolute Gasteiger partial charge is 0.254 e. The molecule has 1 N–H and O–H groups in total. The molecule has 5 nitrogen and oxygen atoms in total. The number of ether oxygens (including phenoxy) is 1. The van der Waals surface area contributed by atoms with Crippen molar-refractivity contribution in [1.82, 2.24) is 9.80 Å². The van der Waals surface area contributed by atoms with Crippen LogP contribution in [0.3, 0.4) is 0 Å². The number of benzene rings is 2. The molecule has 1 amide bonds. The molecule has 2 heterocycles. The number of likely N-dealkylation sites (tertiary alicyclic amines) is 2. The molecule has 4 rings (SSSR count). The first-order valence-electron chi connectivity index (χ1n) is 12.7. The molecule has 0 unspecified atom stereocenters. The number of halogens is 3. The van der Waals surface area contributed by atoms with Gasteiger partial charge in [-0.1, -0.05) is 12.1 Å². The number of aliphatic hydroxyl groups excluding tert-OH is 1. The Morgan fingerprint density at radius 2 is 1.81 bits per heavy atom. The summed E-state index contributed by atoms with van der Waals surface area (Å²) in [6.07, 6.45) is 2.53. The summed E-state index contributed by atoms with van der Waals surface area (Å²) >= 11 is 0. The third-order valence-corrected chi connectivity index (χ3v) is 6.92. The first-order valence-corrected chi connectivity index (χ1v) is 12.7. The fourth-order valence-electron chi connectivity index (χ4n) is 5.04. The van der Waals surface area contributed by atoms with E-state index in [4.69, 9.17) is 4.74 Å². The minimum atomic E-state index is -1.22. The molecule has 0 saturated carbocycles. The highest BCUT2D eigenvalue weighted by Crippen LogP contribution is 2.30. The van der Waals surface area contributed by atoms with Crippen molar-refractivity contribution in [1.29, 1.82) is 0 Å². The molecule has 2 aromatic rings. The van der Waals surface area contributed by atoms with E-state index >= 15 is 0 Å². The molecule has 2 saturated heterocycles. The molecule has 0 radical (unpaired) electrons. The van der Waals surface area contributed by atoms with Gasteiger partial charge in [0, 0.05) is 30.8 Å². The van der Waals surface area contributed by atoms with Gasteiger partial charge in [0.15, 0.2) is 11.6 Å². The highest BCUT2D eigenvalue weighted by Gasteiger charge is 2.26. The highest BCUT2D eigenvalue weighted by molar-refractivity contribution is 5.95. The van der Waals surface area contributed by atoms with Gasteiger partial charge in [0.05, 0.1) is 12.7 Å². The maximum atomic E-state index is 14.9. The van der Waals surface area contributed by atoms with Gasteiger partial charge >= 0.3 is 0 Å².